The molecule has 1 aliphatic rings. The minimum atomic E-state index is -0.371. The number of nitriles is 1. The maximum Gasteiger partial charge on any atom is 0.271 e. The monoisotopic (exact) mass is 430 g/mol. The van der Waals surface area contributed by atoms with Crippen LogP contribution in [0.3, 0.4) is 0 Å². The maximum atomic E-state index is 13.6. The lowest BCUT2D eigenvalue weighted by atomic mass is 10.1. The van der Waals surface area contributed by atoms with Crippen molar-refractivity contribution in [3.63, 3.8) is 0 Å². The van der Waals surface area contributed by atoms with Gasteiger partial charge in [0, 0.05) is 39.3 Å². The van der Waals surface area contributed by atoms with E-state index in [1.807, 2.05) is 11.0 Å². The van der Waals surface area contributed by atoms with Crippen LogP contribution in [0.1, 0.15) is 23.6 Å². The molecule has 162 valence electrons. The van der Waals surface area contributed by atoms with Gasteiger partial charge in [-0.15, -0.1) is 4.98 Å². The van der Waals surface area contributed by atoms with Crippen molar-refractivity contribution in [2.45, 2.75) is 26.4 Å². The Kier molecular flexibility index (Phi) is 5.65. The molecule has 0 bridgehead atoms. The summed E-state index contributed by atoms with van der Waals surface area (Å²) in [5.41, 5.74) is 2.93. The van der Waals surface area contributed by atoms with Crippen LogP contribution in [0.2, 0.25) is 0 Å². The fourth-order valence-corrected chi connectivity index (χ4v) is 4.33. The van der Waals surface area contributed by atoms with Crippen LogP contribution in [0.15, 0.2) is 35.1 Å². The van der Waals surface area contributed by atoms with Crippen molar-refractivity contribution in [3.8, 4) is 6.07 Å². The Hall–Kier alpha value is -3.75. The molecule has 4 rings (SSSR count). The van der Waals surface area contributed by atoms with E-state index in [4.69, 9.17) is 6.57 Å². The van der Waals surface area contributed by atoms with Crippen molar-refractivity contribution in [1.29, 1.82) is 5.26 Å². The number of rotatable bonds is 3. The average molecular weight is 430 g/mol. The van der Waals surface area contributed by atoms with Crippen LogP contribution in [0.4, 0.5) is 15.9 Å². The molecule has 0 radical (unpaired) electrons. The molecular formula is C24H23FN6O. The summed E-state index contributed by atoms with van der Waals surface area (Å²) in [5, 5.41) is 9.78. The van der Waals surface area contributed by atoms with Crippen molar-refractivity contribution < 1.29 is 4.39 Å². The Morgan fingerprint density at radius 1 is 1.31 bits per heavy atom. The number of piperazine rings is 1. The fourth-order valence-electron chi connectivity index (χ4n) is 4.33. The summed E-state index contributed by atoms with van der Waals surface area (Å²) < 4.78 is 15.0. The molecule has 1 aliphatic heterocycles. The predicted octanol–water partition coefficient (Wildman–Crippen LogP) is 3.51. The number of aromatic nitrogens is 2. The van der Waals surface area contributed by atoms with Crippen LogP contribution in [-0.2, 0) is 13.6 Å². The molecule has 1 saturated heterocycles. The van der Waals surface area contributed by atoms with E-state index in [1.165, 1.54) is 10.6 Å². The fraction of sp³-hybridized carbons (Fsp3) is 0.333. The highest BCUT2D eigenvalue weighted by atomic mass is 19.1. The number of fused-ring (bicyclic) bond motifs is 1. The van der Waals surface area contributed by atoms with E-state index < -0.39 is 0 Å². The molecule has 3 aromatic rings. The molecule has 7 nitrogen and oxygen atoms in total. The summed E-state index contributed by atoms with van der Waals surface area (Å²) in [6.45, 7) is 13.8. The maximum absolute atomic E-state index is 13.6. The second-order valence-corrected chi connectivity index (χ2v) is 8.20. The summed E-state index contributed by atoms with van der Waals surface area (Å²) >= 11 is 0. The van der Waals surface area contributed by atoms with Gasteiger partial charge < -0.3 is 14.3 Å². The van der Waals surface area contributed by atoms with Crippen LogP contribution >= 0.6 is 0 Å². The van der Waals surface area contributed by atoms with E-state index in [0.29, 0.717) is 48.5 Å². The van der Waals surface area contributed by atoms with Gasteiger partial charge in [-0.1, -0.05) is 18.7 Å². The number of benzene rings is 1. The first kappa shape index (κ1) is 21.5. The second kappa shape index (κ2) is 8.41. The summed E-state index contributed by atoms with van der Waals surface area (Å²) in [4.78, 5) is 25.1. The highest BCUT2D eigenvalue weighted by Gasteiger charge is 2.30. The van der Waals surface area contributed by atoms with Gasteiger partial charge in [-0.25, -0.2) is 4.39 Å². The molecule has 0 aliphatic carbocycles. The van der Waals surface area contributed by atoms with Gasteiger partial charge in [0.2, 0.25) is 5.52 Å². The minimum absolute atomic E-state index is 0.0458. The number of nitrogens with zero attached hydrogens (tertiary/aromatic N) is 6. The highest BCUT2D eigenvalue weighted by Crippen LogP contribution is 2.31. The van der Waals surface area contributed by atoms with Crippen LogP contribution in [-0.4, -0.2) is 40.1 Å². The molecule has 8 heteroatoms. The Morgan fingerprint density at radius 3 is 2.75 bits per heavy atom. The molecule has 2 aromatic heterocycles. The molecule has 3 heterocycles. The zero-order valence-electron chi connectivity index (χ0n) is 18.3. The molecule has 1 fully saturated rings. The Balaban J connectivity index is 1.69. The van der Waals surface area contributed by atoms with Crippen LogP contribution in [0.5, 0.6) is 0 Å². The molecule has 32 heavy (non-hydrogen) atoms. The third-order valence-corrected chi connectivity index (χ3v) is 6.12. The lowest BCUT2D eigenvalue weighted by Gasteiger charge is -2.41. The Morgan fingerprint density at radius 2 is 2.09 bits per heavy atom. The number of pyridine rings is 2. The van der Waals surface area contributed by atoms with E-state index >= 15 is 0 Å². The number of aryl methyl sites for hydroxylation is 2. The van der Waals surface area contributed by atoms with E-state index in [-0.39, 0.29) is 28.8 Å². The van der Waals surface area contributed by atoms with Crippen molar-refractivity contribution in [2.75, 3.05) is 24.5 Å². The molecule has 1 atom stereocenters. The van der Waals surface area contributed by atoms with Gasteiger partial charge in [-0.05, 0) is 43.2 Å². The molecule has 0 spiro atoms. The molecule has 0 saturated carbocycles. The summed E-state index contributed by atoms with van der Waals surface area (Å²) in [6.07, 6.45) is 0. The average Bonchev–Trinajstić information content (AvgIpc) is 2.79. The van der Waals surface area contributed by atoms with Crippen molar-refractivity contribution in [3.05, 3.63) is 74.6 Å². The minimum Gasteiger partial charge on any atom is -0.364 e. The SMILES string of the molecule is [C-]#[N+]c1ccc2c(n1)c(N1CCN(Cc3ccc(F)c(C)c3)[C@H](C)C1)c(C#N)c(=O)n2C. The van der Waals surface area contributed by atoms with Gasteiger partial charge in [-0.2, -0.15) is 5.26 Å². The molecular weight excluding hydrogens is 407 g/mol. The normalized spacial score (nSPS) is 16.7. The topological polar surface area (TPSA) is 69.5 Å². The Bertz CT molecular complexity index is 1350. The lowest BCUT2D eigenvalue weighted by Crippen LogP contribution is -2.52. The molecule has 0 unspecified atom stereocenters. The third kappa shape index (κ3) is 3.70. The van der Waals surface area contributed by atoms with E-state index in [1.54, 1.807) is 32.2 Å². The van der Waals surface area contributed by atoms with Gasteiger partial charge in [-0.3, -0.25) is 9.69 Å². The third-order valence-electron chi connectivity index (χ3n) is 6.12. The van der Waals surface area contributed by atoms with Gasteiger partial charge in [0.05, 0.1) is 5.52 Å². The van der Waals surface area contributed by atoms with Crippen LogP contribution in [0.25, 0.3) is 15.9 Å². The van der Waals surface area contributed by atoms with Crippen LogP contribution < -0.4 is 10.5 Å². The predicted molar refractivity (Wildman–Crippen MR) is 121 cm³/mol. The van der Waals surface area contributed by atoms with Crippen molar-refractivity contribution in [2.24, 2.45) is 7.05 Å². The van der Waals surface area contributed by atoms with Gasteiger partial charge >= 0.3 is 0 Å². The first-order valence-electron chi connectivity index (χ1n) is 10.4. The van der Waals surface area contributed by atoms with Gasteiger partial charge in [0.25, 0.3) is 11.4 Å². The van der Waals surface area contributed by atoms with E-state index in [2.05, 4.69) is 27.7 Å². The van der Waals surface area contributed by atoms with E-state index in [0.717, 1.165) is 5.56 Å². The smallest absolute Gasteiger partial charge is 0.271 e. The van der Waals surface area contributed by atoms with E-state index in [9.17, 15) is 14.4 Å². The lowest BCUT2D eigenvalue weighted by molar-refractivity contribution is 0.181. The quantitative estimate of drug-likeness (QED) is 0.595. The summed E-state index contributed by atoms with van der Waals surface area (Å²) in [6, 6.07) is 10.7. The first-order valence-corrected chi connectivity index (χ1v) is 10.4. The number of halogens is 1. The molecule has 0 amide bonds. The standard InChI is InChI=1S/C24H23FN6O/c1-15-11-17(5-6-19(15)25)14-30-9-10-31(13-16(30)2)23-18(12-26)24(32)29(4)20-7-8-21(27-3)28-22(20)23/h5-8,11,16H,9-10,13-14H2,1-2,4H3/t16-/m1/s1. The number of anilines is 1. The van der Waals surface area contributed by atoms with Crippen LogP contribution in [0, 0.1) is 30.6 Å². The van der Waals surface area contributed by atoms with Crippen molar-refractivity contribution in [1.82, 2.24) is 14.5 Å². The van der Waals surface area contributed by atoms with Crippen molar-refractivity contribution >= 4 is 22.5 Å². The largest absolute Gasteiger partial charge is 0.364 e. The first-order chi connectivity index (χ1) is 15.3. The molecule has 0 N–H and O–H groups in total. The molecule has 1 aromatic carbocycles. The zero-order chi connectivity index (χ0) is 23.0. The summed E-state index contributed by atoms with van der Waals surface area (Å²) in [5.74, 6) is 0.0131. The van der Waals surface area contributed by atoms with Gasteiger partial charge in [0.1, 0.15) is 23.1 Å². The Labute approximate surface area is 185 Å². The zero-order valence-corrected chi connectivity index (χ0v) is 18.3. The number of hydrogen-bond donors (Lipinski definition) is 0. The summed E-state index contributed by atoms with van der Waals surface area (Å²) in [7, 11) is 1.61. The second-order valence-electron chi connectivity index (χ2n) is 8.20. The highest BCUT2D eigenvalue weighted by molar-refractivity contribution is 5.92. The van der Waals surface area contributed by atoms with Gasteiger partial charge in [0.15, 0.2) is 0 Å². The number of hydrogen-bond acceptors (Lipinski definition) is 5.